The van der Waals surface area contributed by atoms with Gasteiger partial charge in [-0.25, -0.2) is 0 Å². The van der Waals surface area contributed by atoms with E-state index in [0.717, 1.165) is 22.4 Å². The molecule has 2 rings (SSSR count). The van der Waals surface area contributed by atoms with E-state index in [1.54, 1.807) is 7.11 Å². The van der Waals surface area contributed by atoms with Crippen LogP contribution in [0.15, 0.2) is 48.5 Å². The van der Waals surface area contributed by atoms with Crippen molar-refractivity contribution >= 4 is 0 Å². The fourth-order valence-electron chi connectivity index (χ4n) is 2.16. The Morgan fingerprint density at radius 2 is 1.24 bits per heavy atom. The zero-order valence-corrected chi connectivity index (χ0v) is 12.8. The third kappa shape index (κ3) is 4.06. The van der Waals surface area contributed by atoms with Crippen LogP contribution in [-0.4, -0.2) is 20.3 Å². The average molecular weight is 286 g/mol. The summed E-state index contributed by atoms with van der Waals surface area (Å²) in [7, 11) is 1.67. The normalized spacial score (nSPS) is 10.9. The van der Waals surface area contributed by atoms with Gasteiger partial charge in [0.05, 0.1) is 7.11 Å². The molecule has 0 aliphatic rings. The second-order valence-electron chi connectivity index (χ2n) is 4.59. The Morgan fingerprint density at radius 1 is 0.762 bits per heavy atom. The molecule has 0 saturated heterocycles. The highest BCUT2D eigenvalue weighted by Crippen LogP contribution is 2.25. The second-order valence-corrected chi connectivity index (χ2v) is 4.59. The van der Waals surface area contributed by atoms with Crippen molar-refractivity contribution < 1.29 is 14.2 Å². The van der Waals surface area contributed by atoms with Crippen LogP contribution in [0.1, 0.15) is 25.7 Å². The van der Waals surface area contributed by atoms with E-state index in [9.17, 15) is 0 Å². The first-order valence-electron chi connectivity index (χ1n) is 7.26. The largest absolute Gasteiger partial charge is 0.497 e. The van der Waals surface area contributed by atoms with Crippen LogP contribution in [0.4, 0.5) is 0 Å². The van der Waals surface area contributed by atoms with Gasteiger partial charge in [-0.3, -0.25) is 0 Å². The lowest BCUT2D eigenvalue weighted by Crippen LogP contribution is -2.08. The van der Waals surface area contributed by atoms with Gasteiger partial charge in [-0.15, -0.1) is 0 Å². The van der Waals surface area contributed by atoms with Crippen LogP contribution in [0.2, 0.25) is 0 Å². The van der Waals surface area contributed by atoms with Gasteiger partial charge in [0.2, 0.25) is 0 Å². The summed E-state index contributed by atoms with van der Waals surface area (Å²) in [6, 6.07) is 16.3. The van der Waals surface area contributed by atoms with Crippen LogP contribution in [0, 0.1) is 0 Å². The minimum Gasteiger partial charge on any atom is -0.497 e. The fourth-order valence-corrected chi connectivity index (χ4v) is 2.16. The molecule has 0 fully saturated rings. The minimum atomic E-state index is -0.287. The molecular weight excluding hydrogens is 264 g/mol. The molecule has 0 aromatic heterocycles. The first-order valence-corrected chi connectivity index (χ1v) is 7.26. The van der Waals surface area contributed by atoms with Crippen molar-refractivity contribution in [2.45, 2.75) is 20.1 Å². The van der Waals surface area contributed by atoms with E-state index in [4.69, 9.17) is 14.2 Å². The first-order chi connectivity index (χ1) is 10.3. The summed E-state index contributed by atoms with van der Waals surface area (Å²) in [5, 5.41) is 0. The van der Waals surface area contributed by atoms with Crippen LogP contribution < -0.4 is 4.74 Å². The third-order valence-corrected chi connectivity index (χ3v) is 3.24. The van der Waals surface area contributed by atoms with Crippen LogP contribution >= 0.6 is 0 Å². The molecule has 0 aliphatic heterocycles. The predicted octanol–water partition coefficient (Wildman–Crippen LogP) is 4.43. The van der Waals surface area contributed by atoms with Gasteiger partial charge < -0.3 is 14.2 Å². The van der Waals surface area contributed by atoms with E-state index in [1.807, 2.05) is 26.0 Å². The highest BCUT2D eigenvalue weighted by Gasteiger charge is 2.11. The van der Waals surface area contributed by atoms with Gasteiger partial charge in [-0.05, 0) is 37.1 Å². The monoisotopic (exact) mass is 286 g/mol. The number of methoxy groups -OCH3 is 1. The van der Waals surface area contributed by atoms with Crippen molar-refractivity contribution in [2.75, 3.05) is 20.3 Å². The Hall–Kier alpha value is -1.84. The number of ether oxygens (including phenoxy) is 3. The molecule has 0 saturated carbocycles. The number of hydrogen-bond donors (Lipinski definition) is 0. The molecule has 0 N–H and O–H groups in total. The van der Waals surface area contributed by atoms with E-state index in [1.165, 1.54) is 0 Å². The summed E-state index contributed by atoms with van der Waals surface area (Å²) in [6.07, 6.45) is -0.287. The van der Waals surface area contributed by atoms with Gasteiger partial charge >= 0.3 is 0 Å². The Morgan fingerprint density at radius 3 is 1.67 bits per heavy atom. The molecule has 3 heteroatoms. The molecule has 0 aliphatic carbocycles. The molecule has 0 amide bonds. The molecule has 0 bridgehead atoms. The maximum atomic E-state index is 5.61. The fraction of sp³-hybridized carbons (Fsp3) is 0.333. The van der Waals surface area contributed by atoms with Gasteiger partial charge in [-0.1, -0.05) is 36.4 Å². The molecule has 3 nitrogen and oxygen atoms in total. The van der Waals surface area contributed by atoms with E-state index < -0.39 is 0 Å². The summed E-state index contributed by atoms with van der Waals surface area (Å²) < 4.78 is 16.4. The van der Waals surface area contributed by atoms with Crippen molar-refractivity contribution in [3.05, 3.63) is 54.1 Å². The quantitative estimate of drug-likeness (QED) is 0.704. The van der Waals surface area contributed by atoms with Gasteiger partial charge in [0, 0.05) is 18.8 Å². The van der Waals surface area contributed by atoms with E-state index in [-0.39, 0.29) is 6.29 Å². The lowest BCUT2D eigenvalue weighted by atomic mass is 10.0. The molecule has 0 unspecified atom stereocenters. The lowest BCUT2D eigenvalue weighted by molar-refractivity contribution is -0.140. The predicted molar refractivity (Wildman–Crippen MR) is 84.4 cm³/mol. The highest BCUT2D eigenvalue weighted by molar-refractivity contribution is 5.64. The number of rotatable bonds is 7. The van der Waals surface area contributed by atoms with Crippen molar-refractivity contribution in [3.8, 4) is 16.9 Å². The molecule has 21 heavy (non-hydrogen) atoms. The zero-order chi connectivity index (χ0) is 15.1. The maximum Gasteiger partial charge on any atom is 0.183 e. The number of benzene rings is 2. The van der Waals surface area contributed by atoms with Gasteiger partial charge in [0.1, 0.15) is 5.75 Å². The van der Waals surface area contributed by atoms with Crippen molar-refractivity contribution in [1.82, 2.24) is 0 Å². The maximum absolute atomic E-state index is 5.61. The molecule has 112 valence electrons. The van der Waals surface area contributed by atoms with Crippen molar-refractivity contribution in [3.63, 3.8) is 0 Å². The Labute approximate surface area is 126 Å². The molecule has 0 atom stereocenters. The zero-order valence-electron chi connectivity index (χ0n) is 12.8. The van der Waals surface area contributed by atoms with Crippen LogP contribution in [-0.2, 0) is 9.47 Å². The Kier molecular flexibility index (Phi) is 5.78. The second kappa shape index (κ2) is 7.81. The molecular formula is C18H22O3. The Balaban J connectivity index is 2.16. The SMILES string of the molecule is CCOC(OCC)c1ccc(-c2ccc(OC)cc2)cc1. The summed E-state index contributed by atoms with van der Waals surface area (Å²) in [6.45, 7) is 5.20. The standard InChI is InChI=1S/C18H22O3/c1-4-20-18(21-5-2)16-8-6-14(7-9-16)15-10-12-17(19-3)13-11-15/h6-13,18H,4-5H2,1-3H3. The van der Waals surface area contributed by atoms with Crippen LogP contribution in [0.25, 0.3) is 11.1 Å². The van der Waals surface area contributed by atoms with Crippen molar-refractivity contribution in [1.29, 1.82) is 0 Å². The smallest absolute Gasteiger partial charge is 0.183 e. The topological polar surface area (TPSA) is 27.7 Å². The van der Waals surface area contributed by atoms with E-state index >= 15 is 0 Å². The average Bonchev–Trinajstić information content (AvgIpc) is 2.55. The summed E-state index contributed by atoms with van der Waals surface area (Å²) in [4.78, 5) is 0. The van der Waals surface area contributed by atoms with E-state index in [2.05, 4.69) is 36.4 Å². The number of hydrogen-bond acceptors (Lipinski definition) is 3. The summed E-state index contributed by atoms with van der Waals surface area (Å²) in [5.41, 5.74) is 3.36. The van der Waals surface area contributed by atoms with Gasteiger partial charge in [0.25, 0.3) is 0 Å². The lowest BCUT2D eigenvalue weighted by Gasteiger charge is -2.17. The van der Waals surface area contributed by atoms with Crippen LogP contribution in [0.5, 0.6) is 5.75 Å². The molecule has 2 aromatic carbocycles. The minimum absolute atomic E-state index is 0.287. The van der Waals surface area contributed by atoms with Gasteiger partial charge in [-0.2, -0.15) is 0 Å². The highest BCUT2D eigenvalue weighted by atomic mass is 16.7. The molecule has 0 heterocycles. The van der Waals surface area contributed by atoms with Gasteiger partial charge in [0.15, 0.2) is 6.29 Å². The first kappa shape index (κ1) is 15.5. The Bertz CT molecular complexity index is 525. The van der Waals surface area contributed by atoms with Crippen LogP contribution in [0.3, 0.4) is 0 Å². The molecule has 2 aromatic rings. The van der Waals surface area contributed by atoms with E-state index in [0.29, 0.717) is 13.2 Å². The summed E-state index contributed by atoms with van der Waals surface area (Å²) in [5.74, 6) is 0.864. The molecule has 0 spiro atoms. The van der Waals surface area contributed by atoms with Crippen molar-refractivity contribution in [2.24, 2.45) is 0 Å². The molecule has 0 radical (unpaired) electrons. The third-order valence-electron chi connectivity index (χ3n) is 3.24. The summed E-state index contributed by atoms with van der Waals surface area (Å²) >= 11 is 0.